The Balaban J connectivity index is 2.43. The minimum atomic E-state index is -4.27. The van der Waals surface area contributed by atoms with Gasteiger partial charge in [-0.25, -0.2) is 0 Å². The predicted octanol–water partition coefficient (Wildman–Crippen LogP) is 3.13. The molecule has 0 radical (unpaired) electrons. The SMILES string of the molecule is CNC(CCOCC(F)(F)F)c1cc(C)c(C)o1. The highest BCUT2D eigenvalue weighted by atomic mass is 19.4. The van der Waals surface area contributed by atoms with E-state index in [4.69, 9.17) is 4.42 Å². The van der Waals surface area contributed by atoms with E-state index in [0.29, 0.717) is 6.42 Å². The highest BCUT2D eigenvalue weighted by molar-refractivity contribution is 5.20. The summed E-state index contributed by atoms with van der Waals surface area (Å²) in [6, 6.07) is 1.76. The summed E-state index contributed by atoms with van der Waals surface area (Å²) in [5.41, 5.74) is 1.03. The largest absolute Gasteiger partial charge is 0.464 e. The molecule has 1 unspecified atom stereocenters. The van der Waals surface area contributed by atoms with Gasteiger partial charge < -0.3 is 14.5 Å². The number of furan rings is 1. The molecule has 1 N–H and O–H groups in total. The summed E-state index contributed by atoms with van der Waals surface area (Å²) < 4.78 is 45.8. The molecule has 1 heterocycles. The third kappa shape index (κ3) is 4.70. The maximum atomic E-state index is 11.9. The second kappa shape index (κ2) is 6.24. The number of aryl methyl sites for hydroxylation is 2. The van der Waals surface area contributed by atoms with Crippen molar-refractivity contribution in [2.75, 3.05) is 20.3 Å². The Morgan fingerprint density at radius 2 is 2.06 bits per heavy atom. The van der Waals surface area contributed by atoms with Crippen LogP contribution in [-0.2, 0) is 4.74 Å². The number of rotatable bonds is 6. The molecule has 0 fully saturated rings. The molecule has 0 spiro atoms. The minimum Gasteiger partial charge on any atom is -0.464 e. The first-order chi connectivity index (χ1) is 8.33. The molecular formula is C12H18F3NO2. The smallest absolute Gasteiger partial charge is 0.411 e. The van der Waals surface area contributed by atoms with Gasteiger partial charge in [-0.2, -0.15) is 13.2 Å². The van der Waals surface area contributed by atoms with Crippen molar-refractivity contribution in [1.82, 2.24) is 5.32 Å². The number of hydrogen-bond donors (Lipinski definition) is 1. The lowest BCUT2D eigenvalue weighted by molar-refractivity contribution is -0.174. The fraction of sp³-hybridized carbons (Fsp3) is 0.667. The van der Waals surface area contributed by atoms with Crippen LogP contribution < -0.4 is 5.32 Å². The Labute approximate surface area is 104 Å². The Hall–Kier alpha value is -1.01. The number of hydrogen-bond acceptors (Lipinski definition) is 3. The van der Waals surface area contributed by atoms with E-state index in [2.05, 4.69) is 10.1 Å². The van der Waals surface area contributed by atoms with Crippen LogP contribution in [0.5, 0.6) is 0 Å². The Kier molecular flexibility index (Phi) is 5.22. The van der Waals surface area contributed by atoms with Crippen molar-refractivity contribution < 1.29 is 22.3 Å². The standard InChI is InChI=1S/C12H18F3NO2/c1-8-6-11(18-9(8)2)10(16-3)4-5-17-7-12(13,14)15/h6,10,16H,4-5,7H2,1-3H3. The predicted molar refractivity (Wildman–Crippen MR) is 61.5 cm³/mol. The van der Waals surface area contributed by atoms with Crippen molar-refractivity contribution in [1.29, 1.82) is 0 Å². The van der Waals surface area contributed by atoms with E-state index in [1.807, 2.05) is 19.9 Å². The third-order valence-corrected chi connectivity index (χ3v) is 2.69. The number of alkyl halides is 3. The fourth-order valence-corrected chi connectivity index (χ4v) is 1.59. The molecule has 0 amide bonds. The molecule has 0 aliphatic heterocycles. The van der Waals surface area contributed by atoms with Crippen LogP contribution in [0.3, 0.4) is 0 Å². The summed E-state index contributed by atoms with van der Waals surface area (Å²) in [6.07, 6.45) is -3.84. The molecule has 1 aromatic rings. The van der Waals surface area contributed by atoms with Crippen LogP contribution in [0.2, 0.25) is 0 Å². The van der Waals surface area contributed by atoms with Crippen molar-refractivity contribution in [2.24, 2.45) is 0 Å². The molecule has 104 valence electrons. The molecule has 0 bridgehead atoms. The average Bonchev–Trinajstić information content (AvgIpc) is 2.57. The Morgan fingerprint density at radius 1 is 1.39 bits per heavy atom. The first-order valence-electron chi connectivity index (χ1n) is 5.72. The van der Waals surface area contributed by atoms with E-state index in [0.717, 1.165) is 17.1 Å². The molecule has 1 atom stereocenters. The number of halogens is 3. The van der Waals surface area contributed by atoms with Crippen LogP contribution in [0.4, 0.5) is 13.2 Å². The van der Waals surface area contributed by atoms with Gasteiger partial charge in [-0.1, -0.05) is 0 Å². The second-order valence-electron chi connectivity index (χ2n) is 4.19. The van der Waals surface area contributed by atoms with E-state index in [9.17, 15) is 13.2 Å². The quantitative estimate of drug-likeness (QED) is 0.802. The van der Waals surface area contributed by atoms with Crippen molar-refractivity contribution in [2.45, 2.75) is 32.5 Å². The van der Waals surface area contributed by atoms with Crippen molar-refractivity contribution in [3.8, 4) is 0 Å². The molecular weight excluding hydrogens is 247 g/mol. The minimum absolute atomic E-state index is 0.0316. The number of nitrogens with one attached hydrogen (secondary N) is 1. The second-order valence-corrected chi connectivity index (χ2v) is 4.19. The van der Waals surface area contributed by atoms with E-state index in [1.54, 1.807) is 7.05 Å². The first kappa shape index (κ1) is 15.0. The molecule has 0 aromatic carbocycles. The molecule has 0 saturated carbocycles. The molecule has 0 aliphatic rings. The van der Waals surface area contributed by atoms with Crippen molar-refractivity contribution >= 4 is 0 Å². The van der Waals surface area contributed by atoms with Crippen LogP contribution in [0.15, 0.2) is 10.5 Å². The first-order valence-corrected chi connectivity index (χ1v) is 5.72. The maximum absolute atomic E-state index is 11.9. The molecule has 1 rings (SSSR count). The lowest BCUT2D eigenvalue weighted by Crippen LogP contribution is -2.21. The highest BCUT2D eigenvalue weighted by Crippen LogP contribution is 2.23. The van der Waals surface area contributed by atoms with E-state index < -0.39 is 12.8 Å². The van der Waals surface area contributed by atoms with Crippen molar-refractivity contribution in [3.63, 3.8) is 0 Å². The van der Waals surface area contributed by atoms with Crippen LogP contribution in [-0.4, -0.2) is 26.4 Å². The van der Waals surface area contributed by atoms with Gasteiger partial charge in [0.2, 0.25) is 0 Å². The Bertz CT molecular complexity index is 354. The summed E-state index contributed by atoms with van der Waals surface area (Å²) in [6.45, 7) is 2.60. The monoisotopic (exact) mass is 265 g/mol. The van der Waals surface area contributed by atoms with Gasteiger partial charge in [0, 0.05) is 6.61 Å². The third-order valence-electron chi connectivity index (χ3n) is 2.69. The van der Waals surface area contributed by atoms with Gasteiger partial charge in [-0.3, -0.25) is 0 Å². The summed E-state index contributed by atoms with van der Waals surface area (Å²) in [5.74, 6) is 1.55. The van der Waals surface area contributed by atoms with Gasteiger partial charge in [0.15, 0.2) is 0 Å². The molecule has 0 saturated heterocycles. The Morgan fingerprint density at radius 3 is 2.50 bits per heavy atom. The van der Waals surface area contributed by atoms with Crippen LogP contribution >= 0.6 is 0 Å². The van der Waals surface area contributed by atoms with E-state index in [-0.39, 0.29) is 12.6 Å². The van der Waals surface area contributed by atoms with Crippen molar-refractivity contribution in [3.05, 3.63) is 23.2 Å². The molecule has 0 aliphatic carbocycles. The topological polar surface area (TPSA) is 34.4 Å². The van der Waals surface area contributed by atoms with Gasteiger partial charge in [0.1, 0.15) is 18.1 Å². The molecule has 18 heavy (non-hydrogen) atoms. The van der Waals surface area contributed by atoms with Gasteiger partial charge in [0.25, 0.3) is 0 Å². The van der Waals surface area contributed by atoms with Crippen LogP contribution in [0.1, 0.15) is 29.5 Å². The van der Waals surface area contributed by atoms with Gasteiger partial charge >= 0.3 is 6.18 Å². The van der Waals surface area contributed by atoms with Gasteiger partial charge in [-0.05, 0) is 38.9 Å². The van der Waals surface area contributed by atoms with Crippen LogP contribution in [0.25, 0.3) is 0 Å². The lowest BCUT2D eigenvalue weighted by Gasteiger charge is -2.14. The van der Waals surface area contributed by atoms with Gasteiger partial charge in [-0.15, -0.1) is 0 Å². The van der Waals surface area contributed by atoms with E-state index >= 15 is 0 Å². The zero-order valence-electron chi connectivity index (χ0n) is 10.7. The normalized spacial score (nSPS) is 13.9. The summed E-state index contributed by atoms with van der Waals surface area (Å²) in [7, 11) is 1.74. The fourth-order valence-electron chi connectivity index (χ4n) is 1.59. The number of ether oxygens (including phenoxy) is 1. The summed E-state index contributed by atoms with van der Waals surface area (Å²) >= 11 is 0. The molecule has 1 aromatic heterocycles. The van der Waals surface area contributed by atoms with Crippen LogP contribution in [0, 0.1) is 13.8 Å². The van der Waals surface area contributed by atoms with E-state index in [1.165, 1.54) is 0 Å². The zero-order chi connectivity index (χ0) is 13.8. The molecule has 3 nitrogen and oxygen atoms in total. The lowest BCUT2D eigenvalue weighted by atomic mass is 10.1. The maximum Gasteiger partial charge on any atom is 0.411 e. The molecule has 6 heteroatoms. The van der Waals surface area contributed by atoms with Gasteiger partial charge in [0.05, 0.1) is 6.04 Å². The zero-order valence-corrected chi connectivity index (χ0v) is 10.7. The summed E-state index contributed by atoms with van der Waals surface area (Å²) in [5, 5.41) is 3.00. The highest BCUT2D eigenvalue weighted by Gasteiger charge is 2.27. The average molecular weight is 265 g/mol. The summed E-state index contributed by atoms with van der Waals surface area (Å²) in [4.78, 5) is 0.